The van der Waals surface area contributed by atoms with Gasteiger partial charge in [0.15, 0.2) is 4.80 Å². The first-order valence-corrected chi connectivity index (χ1v) is 13.0. The van der Waals surface area contributed by atoms with Crippen molar-refractivity contribution in [3.63, 3.8) is 0 Å². The van der Waals surface area contributed by atoms with E-state index in [0.29, 0.717) is 21.9 Å². The fourth-order valence-electron chi connectivity index (χ4n) is 3.99. The molecule has 2 aromatic carbocycles. The first-order valence-electron chi connectivity index (χ1n) is 10.4. The van der Waals surface area contributed by atoms with E-state index < -0.39 is 15.9 Å². The van der Waals surface area contributed by atoms with Crippen molar-refractivity contribution < 1.29 is 13.2 Å². The molecule has 0 bridgehead atoms. The number of thiazole rings is 1. The Balaban J connectivity index is 1.64. The Kier molecular flexibility index (Phi) is 6.67. The lowest BCUT2D eigenvalue weighted by Gasteiger charge is -2.23. The van der Waals surface area contributed by atoms with Crippen molar-refractivity contribution in [3.05, 3.63) is 70.5 Å². The number of sulfonamides is 1. The maximum atomic E-state index is 12.9. The van der Waals surface area contributed by atoms with E-state index in [-0.39, 0.29) is 10.9 Å². The summed E-state index contributed by atoms with van der Waals surface area (Å²) in [6, 6.07) is 11.6. The van der Waals surface area contributed by atoms with Crippen LogP contribution in [0, 0.1) is 0 Å². The molecule has 0 spiro atoms. The second kappa shape index (κ2) is 9.31. The largest absolute Gasteiger partial charge is 0.312 e. The Bertz CT molecular complexity index is 1340. The summed E-state index contributed by atoms with van der Waals surface area (Å²) in [4.78, 5) is 17.8. The van der Waals surface area contributed by atoms with E-state index in [1.807, 2.05) is 16.7 Å². The number of rotatable bonds is 6. The van der Waals surface area contributed by atoms with E-state index in [1.54, 1.807) is 19.2 Å². The van der Waals surface area contributed by atoms with Crippen molar-refractivity contribution in [3.8, 4) is 0 Å². The van der Waals surface area contributed by atoms with Crippen LogP contribution in [0.1, 0.15) is 36.0 Å². The molecule has 4 rings (SSSR count). The van der Waals surface area contributed by atoms with Crippen LogP contribution < -0.4 is 4.80 Å². The molecule has 0 N–H and O–H groups in total. The Hall–Kier alpha value is -2.26. The van der Waals surface area contributed by atoms with Crippen molar-refractivity contribution in [1.29, 1.82) is 0 Å². The van der Waals surface area contributed by atoms with Crippen molar-refractivity contribution in [1.82, 2.24) is 8.87 Å². The number of amides is 1. The topological polar surface area (TPSA) is 71.7 Å². The monoisotopic (exact) mass is 489 g/mol. The number of carbonyl (C=O) groups is 1. The molecule has 1 amide bonds. The van der Waals surface area contributed by atoms with Gasteiger partial charge >= 0.3 is 0 Å². The van der Waals surface area contributed by atoms with Gasteiger partial charge in [0.2, 0.25) is 10.0 Å². The second-order valence-electron chi connectivity index (χ2n) is 7.80. The van der Waals surface area contributed by atoms with Gasteiger partial charge in [-0.1, -0.05) is 41.9 Å². The molecule has 32 heavy (non-hydrogen) atoms. The van der Waals surface area contributed by atoms with Crippen molar-refractivity contribution in [2.45, 2.75) is 43.2 Å². The number of hydrogen-bond donors (Lipinski definition) is 0. The van der Waals surface area contributed by atoms with Crippen LogP contribution in [0.3, 0.4) is 0 Å². The minimum atomic E-state index is -3.59. The maximum absolute atomic E-state index is 12.9. The predicted octanol–water partition coefficient (Wildman–Crippen LogP) is 4.85. The Labute approximate surface area is 196 Å². The van der Waals surface area contributed by atoms with Crippen LogP contribution in [0.25, 0.3) is 10.2 Å². The highest BCUT2D eigenvalue weighted by Gasteiger charge is 2.30. The molecule has 1 aromatic heterocycles. The average Bonchev–Trinajstić information content (AvgIpc) is 3.42. The summed E-state index contributed by atoms with van der Waals surface area (Å²) in [5.41, 5.74) is 1.25. The summed E-state index contributed by atoms with van der Waals surface area (Å²) in [6.45, 7) is 4.28. The van der Waals surface area contributed by atoms with Crippen molar-refractivity contribution >= 4 is 49.1 Å². The van der Waals surface area contributed by atoms with Crippen LogP contribution in [-0.4, -0.2) is 36.3 Å². The van der Waals surface area contributed by atoms with E-state index in [1.165, 1.54) is 39.9 Å². The Morgan fingerprint density at radius 1 is 1.25 bits per heavy atom. The normalized spacial score (nSPS) is 15.7. The number of allylic oxidation sites excluding steroid dienone is 1. The Morgan fingerprint density at radius 2 is 1.94 bits per heavy atom. The number of fused-ring (bicyclic) bond motifs is 1. The van der Waals surface area contributed by atoms with Gasteiger partial charge in [-0.3, -0.25) is 4.79 Å². The van der Waals surface area contributed by atoms with Crippen LogP contribution >= 0.6 is 22.9 Å². The van der Waals surface area contributed by atoms with Crippen LogP contribution in [0.5, 0.6) is 0 Å². The van der Waals surface area contributed by atoms with E-state index in [9.17, 15) is 13.2 Å². The van der Waals surface area contributed by atoms with E-state index >= 15 is 0 Å². The van der Waals surface area contributed by atoms with E-state index in [2.05, 4.69) is 11.6 Å². The van der Waals surface area contributed by atoms with Crippen molar-refractivity contribution in [2.24, 2.45) is 4.99 Å². The van der Waals surface area contributed by atoms with Gasteiger partial charge in [0, 0.05) is 30.2 Å². The smallest absolute Gasteiger partial charge is 0.279 e. The van der Waals surface area contributed by atoms with Crippen LogP contribution in [0.2, 0.25) is 5.02 Å². The zero-order chi connectivity index (χ0) is 22.9. The third-order valence-corrected chi connectivity index (χ3v) is 8.97. The molecule has 9 heteroatoms. The predicted molar refractivity (Wildman–Crippen MR) is 129 cm³/mol. The lowest BCUT2D eigenvalue weighted by molar-refractivity contribution is 0.0997. The first-order chi connectivity index (χ1) is 15.3. The molecule has 1 heterocycles. The van der Waals surface area contributed by atoms with Gasteiger partial charge in [-0.2, -0.15) is 9.30 Å². The quantitative estimate of drug-likeness (QED) is 0.465. The highest BCUT2D eigenvalue weighted by Crippen LogP contribution is 2.27. The van der Waals surface area contributed by atoms with Gasteiger partial charge in [-0.15, -0.1) is 6.58 Å². The molecule has 0 saturated heterocycles. The number of nitrogens with zero attached hydrogens (tertiary/aromatic N) is 3. The van der Waals surface area contributed by atoms with Crippen LogP contribution in [0.4, 0.5) is 0 Å². The molecule has 1 fully saturated rings. The standard InChI is InChI=1S/C23H24ClN3O3S2/c1-3-14-27-20-13-10-17(24)15-21(20)31-23(27)25-22(28)16-8-11-19(12-9-16)32(29,30)26(2)18-6-4-5-7-18/h3,8-13,15,18H,1,4-7,14H2,2H3. The van der Waals surface area contributed by atoms with Gasteiger partial charge in [0.1, 0.15) is 0 Å². The zero-order valence-electron chi connectivity index (χ0n) is 17.7. The summed E-state index contributed by atoms with van der Waals surface area (Å²) >= 11 is 7.47. The maximum Gasteiger partial charge on any atom is 0.279 e. The summed E-state index contributed by atoms with van der Waals surface area (Å²) in [7, 11) is -1.96. The molecule has 0 aliphatic heterocycles. The zero-order valence-corrected chi connectivity index (χ0v) is 20.1. The van der Waals surface area contributed by atoms with Crippen molar-refractivity contribution in [2.75, 3.05) is 7.05 Å². The third-order valence-electron chi connectivity index (χ3n) is 5.77. The molecule has 6 nitrogen and oxygen atoms in total. The second-order valence-corrected chi connectivity index (χ2v) is 11.2. The molecule has 1 aliphatic carbocycles. The minimum absolute atomic E-state index is 0.0399. The number of halogens is 1. The molecular formula is C23H24ClN3O3S2. The van der Waals surface area contributed by atoms with Crippen LogP contribution in [0.15, 0.2) is 65.0 Å². The summed E-state index contributed by atoms with van der Waals surface area (Å²) in [6.07, 6.45) is 5.61. The highest BCUT2D eigenvalue weighted by molar-refractivity contribution is 7.89. The summed E-state index contributed by atoms with van der Waals surface area (Å²) < 4.78 is 30.1. The average molecular weight is 490 g/mol. The molecule has 1 saturated carbocycles. The first kappa shape index (κ1) is 22.9. The molecule has 0 atom stereocenters. The third kappa shape index (κ3) is 4.45. The SMILES string of the molecule is C=CCn1c(=NC(=O)c2ccc(S(=O)(=O)N(C)C3CCCC3)cc2)sc2cc(Cl)ccc21. The summed E-state index contributed by atoms with van der Waals surface area (Å²) in [5.74, 6) is -0.437. The number of aromatic nitrogens is 1. The fourth-order valence-corrected chi connectivity index (χ4v) is 6.72. The molecule has 3 aromatic rings. The molecule has 1 aliphatic rings. The van der Waals surface area contributed by atoms with Gasteiger partial charge in [0.05, 0.1) is 15.1 Å². The number of hydrogen-bond acceptors (Lipinski definition) is 4. The molecule has 168 valence electrons. The number of benzene rings is 2. The van der Waals surface area contributed by atoms with Crippen LogP contribution in [-0.2, 0) is 16.6 Å². The number of carbonyl (C=O) groups excluding carboxylic acids is 1. The van der Waals surface area contributed by atoms with E-state index in [0.717, 1.165) is 35.9 Å². The minimum Gasteiger partial charge on any atom is -0.312 e. The molecule has 0 unspecified atom stereocenters. The van der Waals surface area contributed by atoms with Gasteiger partial charge in [-0.25, -0.2) is 8.42 Å². The lowest BCUT2D eigenvalue weighted by Crippen LogP contribution is -2.35. The van der Waals surface area contributed by atoms with Gasteiger partial charge < -0.3 is 4.57 Å². The highest BCUT2D eigenvalue weighted by atomic mass is 35.5. The van der Waals surface area contributed by atoms with Gasteiger partial charge in [-0.05, 0) is 55.3 Å². The van der Waals surface area contributed by atoms with Gasteiger partial charge in [0.25, 0.3) is 5.91 Å². The van der Waals surface area contributed by atoms with E-state index in [4.69, 9.17) is 11.6 Å². The lowest BCUT2D eigenvalue weighted by atomic mass is 10.2. The Morgan fingerprint density at radius 3 is 2.59 bits per heavy atom. The fraction of sp³-hybridized carbons (Fsp3) is 0.304. The molecular weight excluding hydrogens is 466 g/mol. The molecule has 0 radical (unpaired) electrons. The summed E-state index contributed by atoms with van der Waals surface area (Å²) in [5, 5.41) is 0.613.